The molecule has 1 aromatic carbocycles. The maximum absolute atomic E-state index is 12.3. The summed E-state index contributed by atoms with van der Waals surface area (Å²) >= 11 is 3.36. The second-order valence-corrected chi connectivity index (χ2v) is 5.54. The average Bonchev–Trinajstić information content (AvgIpc) is 2.41. The minimum absolute atomic E-state index is 0.0919. The molecule has 0 saturated carbocycles. The zero-order valence-corrected chi connectivity index (χ0v) is 13.1. The Morgan fingerprint density at radius 1 is 1.30 bits per heavy atom. The van der Waals surface area contributed by atoms with E-state index in [1.54, 1.807) is 0 Å². The lowest BCUT2D eigenvalue weighted by Gasteiger charge is -2.25. The number of amides is 2. The second-order valence-electron chi connectivity index (χ2n) is 4.63. The van der Waals surface area contributed by atoms with Crippen LogP contribution >= 0.6 is 15.9 Å². The Morgan fingerprint density at radius 2 is 1.90 bits per heavy atom. The molecule has 110 valence electrons. The van der Waals surface area contributed by atoms with E-state index in [9.17, 15) is 9.59 Å². The van der Waals surface area contributed by atoms with Crippen molar-refractivity contribution in [1.82, 2.24) is 4.90 Å². The van der Waals surface area contributed by atoms with Crippen LogP contribution in [0.2, 0.25) is 0 Å². The minimum atomic E-state index is -0.526. The average molecular weight is 342 g/mol. The molecule has 0 radical (unpaired) electrons. The summed E-state index contributed by atoms with van der Waals surface area (Å²) in [5, 5.41) is 0. The highest BCUT2D eigenvalue weighted by atomic mass is 79.9. The van der Waals surface area contributed by atoms with Crippen molar-refractivity contribution in [2.45, 2.75) is 19.9 Å². The Balaban J connectivity index is 2.85. The van der Waals surface area contributed by atoms with E-state index in [2.05, 4.69) is 15.9 Å². The summed E-state index contributed by atoms with van der Waals surface area (Å²) < 4.78 is 0.961. The van der Waals surface area contributed by atoms with Gasteiger partial charge in [0.2, 0.25) is 11.8 Å². The summed E-state index contributed by atoms with van der Waals surface area (Å²) in [5.41, 5.74) is 11.8. The Kier molecular flexibility index (Phi) is 6.67. The molecule has 2 amide bonds. The first-order chi connectivity index (χ1) is 9.47. The van der Waals surface area contributed by atoms with Gasteiger partial charge in [0.25, 0.3) is 0 Å². The van der Waals surface area contributed by atoms with Crippen LogP contribution in [-0.2, 0) is 16.1 Å². The van der Waals surface area contributed by atoms with Gasteiger partial charge in [-0.3, -0.25) is 9.59 Å². The highest BCUT2D eigenvalue weighted by molar-refractivity contribution is 9.10. The lowest BCUT2D eigenvalue weighted by molar-refractivity contribution is -0.139. The summed E-state index contributed by atoms with van der Waals surface area (Å²) in [7, 11) is 0. The van der Waals surface area contributed by atoms with Gasteiger partial charge in [-0.1, -0.05) is 35.0 Å². The number of halogens is 1. The number of rotatable bonds is 7. The first-order valence-corrected chi connectivity index (χ1v) is 7.28. The van der Waals surface area contributed by atoms with Gasteiger partial charge in [0, 0.05) is 17.6 Å². The van der Waals surface area contributed by atoms with Crippen molar-refractivity contribution in [1.29, 1.82) is 0 Å². The first-order valence-electron chi connectivity index (χ1n) is 6.49. The lowest BCUT2D eigenvalue weighted by atomic mass is 10.0. The van der Waals surface area contributed by atoms with Crippen molar-refractivity contribution in [3.8, 4) is 0 Å². The van der Waals surface area contributed by atoms with E-state index in [-0.39, 0.29) is 24.9 Å². The summed E-state index contributed by atoms with van der Waals surface area (Å²) in [6.45, 7) is 2.43. The molecule has 1 atom stereocenters. The van der Waals surface area contributed by atoms with Crippen LogP contribution in [0.1, 0.15) is 18.9 Å². The van der Waals surface area contributed by atoms with Gasteiger partial charge in [-0.2, -0.15) is 0 Å². The van der Waals surface area contributed by atoms with Gasteiger partial charge in [-0.05, 0) is 24.1 Å². The number of nitrogens with zero attached hydrogens (tertiary/aromatic N) is 1. The predicted octanol–water partition coefficient (Wildman–Crippen LogP) is 1.25. The van der Waals surface area contributed by atoms with Gasteiger partial charge in [0.05, 0.1) is 12.5 Å². The molecule has 0 fully saturated rings. The molecular weight excluding hydrogens is 322 g/mol. The van der Waals surface area contributed by atoms with Crippen molar-refractivity contribution in [2.75, 3.05) is 13.1 Å². The Bertz CT molecular complexity index is 458. The molecule has 1 aromatic rings. The van der Waals surface area contributed by atoms with Crippen molar-refractivity contribution in [3.05, 3.63) is 34.3 Å². The van der Waals surface area contributed by atoms with Crippen LogP contribution in [0.15, 0.2) is 28.7 Å². The van der Waals surface area contributed by atoms with Gasteiger partial charge >= 0.3 is 0 Å². The SMILES string of the molecule is CCC(CN)C(=O)N(CC(N)=O)Cc1ccc(Br)cc1. The topological polar surface area (TPSA) is 89.4 Å². The van der Waals surface area contributed by atoms with Crippen LogP contribution < -0.4 is 11.5 Å². The molecule has 0 saturated heterocycles. The van der Waals surface area contributed by atoms with Crippen molar-refractivity contribution in [3.63, 3.8) is 0 Å². The largest absolute Gasteiger partial charge is 0.368 e. The molecule has 5 nitrogen and oxygen atoms in total. The fourth-order valence-electron chi connectivity index (χ4n) is 1.91. The van der Waals surface area contributed by atoms with Gasteiger partial charge in [0.1, 0.15) is 0 Å². The molecule has 0 bridgehead atoms. The second kappa shape index (κ2) is 8.01. The number of primary amides is 1. The van der Waals surface area contributed by atoms with E-state index < -0.39 is 5.91 Å². The molecule has 0 aliphatic carbocycles. The Labute approximate surface area is 127 Å². The molecule has 0 spiro atoms. The number of carbonyl (C=O) groups is 2. The summed E-state index contributed by atoms with van der Waals surface area (Å²) in [6.07, 6.45) is 0.644. The van der Waals surface area contributed by atoms with E-state index in [1.807, 2.05) is 31.2 Å². The van der Waals surface area contributed by atoms with Gasteiger partial charge in [0.15, 0.2) is 0 Å². The summed E-state index contributed by atoms with van der Waals surface area (Å²) in [6, 6.07) is 7.58. The van der Waals surface area contributed by atoms with Crippen LogP contribution in [0.5, 0.6) is 0 Å². The molecule has 1 rings (SSSR count). The van der Waals surface area contributed by atoms with Gasteiger partial charge < -0.3 is 16.4 Å². The third-order valence-electron chi connectivity index (χ3n) is 3.07. The van der Waals surface area contributed by atoms with Crippen LogP contribution in [0.4, 0.5) is 0 Å². The Morgan fingerprint density at radius 3 is 2.35 bits per heavy atom. The lowest BCUT2D eigenvalue weighted by Crippen LogP contribution is -2.43. The molecule has 0 aliphatic rings. The van der Waals surface area contributed by atoms with Crippen LogP contribution in [0, 0.1) is 5.92 Å². The number of nitrogens with two attached hydrogens (primary N) is 2. The molecule has 1 unspecified atom stereocenters. The smallest absolute Gasteiger partial charge is 0.237 e. The fourth-order valence-corrected chi connectivity index (χ4v) is 2.17. The van der Waals surface area contributed by atoms with E-state index >= 15 is 0 Å². The number of hydrogen-bond acceptors (Lipinski definition) is 3. The molecular formula is C14H20BrN3O2. The van der Waals surface area contributed by atoms with Crippen LogP contribution in [0.3, 0.4) is 0 Å². The Hall–Kier alpha value is -1.40. The van der Waals surface area contributed by atoms with Crippen LogP contribution in [-0.4, -0.2) is 29.8 Å². The van der Waals surface area contributed by atoms with Crippen molar-refractivity contribution >= 4 is 27.7 Å². The summed E-state index contributed by atoms with van der Waals surface area (Å²) in [4.78, 5) is 25.0. The molecule has 0 aromatic heterocycles. The highest BCUT2D eigenvalue weighted by Gasteiger charge is 2.23. The third-order valence-corrected chi connectivity index (χ3v) is 3.60. The zero-order chi connectivity index (χ0) is 15.1. The quantitative estimate of drug-likeness (QED) is 0.781. The molecule has 0 heterocycles. The fraction of sp³-hybridized carbons (Fsp3) is 0.429. The van der Waals surface area contributed by atoms with E-state index in [0.29, 0.717) is 13.0 Å². The van der Waals surface area contributed by atoms with Gasteiger partial charge in [-0.25, -0.2) is 0 Å². The van der Waals surface area contributed by atoms with E-state index in [0.717, 1.165) is 10.0 Å². The number of carbonyl (C=O) groups excluding carboxylic acids is 2. The zero-order valence-electron chi connectivity index (χ0n) is 11.5. The van der Waals surface area contributed by atoms with Crippen LogP contribution in [0.25, 0.3) is 0 Å². The van der Waals surface area contributed by atoms with Crippen molar-refractivity contribution < 1.29 is 9.59 Å². The maximum Gasteiger partial charge on any atom is 0.237 e. The third kappa shape index (κ3) is 4.94. The monoisotopic (exact) mass is 341 g/mol. The number of benzene rings is 1. The van der Waals surface area contributed by atoms with E-state index in [1.165, 1.54) is 4.90 Å². The predicted molar refractivity (Wildman–Crippen MR) is 81.6 cm³/mol. The normalized spacial score (nSPS) is 11.9. The summed E-state index contributed by atoms with van der Waals surface area (Å²) in [5.74, 6) is -0.927. The van der Waals surface area contributed by atoms with Crippen molar-refractivity contribution in [2.24, 2.45) is 17.4 Å². The highest BCUT2D eigenvalue weighted by Crippen LogP contribution is 2.14. The molecule has 4 N–H and O–H groups in total. The molecule has 20 heavy (non-hydrogen) atoms. The minimum Gasteiger partial charge on any atom is -0.368 e. The first kappa shape index (κ1) is 16.7. The maximum atomic E-state index is 12.3. The number of hydrogen-bond donors (Lipinski definition) is 2. The van der Waals surface area contributed by atoms with Gasteiger partial charge in [-0.15, -0.1) is 0 Å². The molecule has 6 heteroatoms. The molecule has 0 aliphatic heterocycles. The van der Waals surface area contributed by atoms with E-state index in [4.69, 9.17) is 11.5 Å². The standard InChI is InChI=1S/C14H20BrN3O2/c1-2-11(7-16)14(20)18(9-13(17)19)8-10-3-5-12(15)6-4-10/h3-6,11H,2,7-9,16H2,1H3,(H2,17,19).